The van der Waals surface area contributed by atoms with Gasteiger partial charge in [-0.3, -0.25) is 4.79 Å². The molecule has 1 amide bonds. The second-order valence-electron chi connectivity index (χ2n) is 8.85. The summed E-state index contributed by atoms with van der Waals surface area (Å²) in [6, 6.07) is 14.8. The number of hydrogen-bond acceptors (Lipinski definition) is 5. The number of carbonyl (C=O) groups excluding carboxylic acids is 1. The number of benzene rings is 2. The van der Waals surface area contributed by atoms with E-state index < -0.39 is 10.0 Å². The van der Waals surface area contributed by atoms with E-state index in [-0.39, 0.29) is 28.8 Å². The van der Waals surface area contributed by atoms with E-state index >= 15 is 0 Å². The van der Waals surface area contributed by atoms with Crippen LogP contribution in [0.15, 0.2) is 53.4 Å². The summed E-state index contributed by atoms with van der Waals surface area (Å²) in [5.74, 6) is 0.128. The van der Waals surface area contributed by atoms with Gasteiger partial charge in [0.2, 0.25) is 15.9 Å². The number of nitrogens with two attached hydrogens (primary N) is 1. The van der Waals surface area contributed by atoms with E-state index in [1.807, 2.05) is 30.0 Å². The minimum Gasteiger partial charge on any atom is -0.398 e. The molecule has 0 unspecified atom stereocenters. The predicted molar refractivity (Wildman–Crippen MR) is 125 cm³/mol. The highest BCUT2D eigenvalue weighted by Gasteiger charge is 2.35. The lowest BCUT2D eigenvalue weighted by atomic mass is 9.85. The topological polar surface area (TPSA) is 105 Å². The van der Waals surface area contributed by atoms with Crippen LogP contribution in [0.25, 0.3) is 0 Å². The normalized spacial score (nSPS) is 24.3. The molecule has 1 saturated heterocycles. The molecule has 4 rings (SSSR count). The van der Waals surface area contributed by atoms with Gasteiger partial charge < -0.3 is 16.0 Å². The summed E-state index contributed by atoms with van der Waals surface area (Å²) in [7, 11) is -3.64. The van der Waals surface area contributed by atoms with Crippen LogP contribution in [0.3, 0.4) is 0 Å². The van der Waals surface area contributed by atoms with Crippen molar-refractivity contribution < 1.29 is 13.2 Å². The van der Waals surface area contributed by atoms with Crippen molar-refractivity contribution >= 4 is 21.6 Å². The summed E-state index contributed by atoms with van der Waals surface area (Å²) in [6.07, 6.45) is 2.68. The first-order valence-electron chi connectivity index (χ1n) is 11.3. The average molecular weight is 457 g/mol. The molecule has 1 aliphatic carbocycles. The van der Waals surface area contributed by atoms with Crippen molar-refractivity contribution in [3.8, 4) is 0 Å². The quantitative estimate of drug-likeness (QED) is 0.600. The summed E-state index contributed by atoms with van der Waals surface area (Å²) < 4.78 is 28.4. The largest absolute Gasteiger partial charge is 0.398 e. The Morgan fingerprint density at radius 2 is 1.81 bits per heavy atom. The first-order chi connectivity index (χ1) is 15.3. The van der Waals surface area contributed by atoms with Crippen molar-refractivity contribution in [3.63, 3.8) is 0 Å². The molecule has 32 heavy (non-hydrogen) atoms. The zero-order valence-electron chi connectivity index (χ0n) is 18.5. The molecule has 2 fully saturated rings. The lowest BCUT2D eigenvalue weighted by molar-refractivity contribution is -0.140. The second kappa shape index (κ2) is 9.60. The van der Waals surface area contributed by atoms with E-state index in [0.29, 0.717) is 37.9 Å². The third-order valence-corrected chi connectivity index (χ3v) is 8.19. The molecule has 7 nitrogen and oxygen atoms in total. The van der Waals surface area contributed by atoms with Crippen LogP contribution in [0.1, 0.15) is 42.9 Å². The Morgan fingerprint density at radius 1 is 1.09 bits per heavy atom. The molecule has 2 aromatic rings. The van der Waals surface area contributed by atoms with Crippen molar-refractivity contribution in [3.05, 3.63) is 59.7 Å². The molecule has 2 aromatic carbocycles. The predicted octanol–water partition coefficient (Wildman–Crippen LogP) is 2.59. The van der Waals surface area contributed by atoms with Gasteiger partial charge in [-0.2, -0.15) is 0 Å². The second-order valence-corrected chi connectivity index (χ2v) is 10.6. The molecule has 0 radical (unpaired) electrons. The zero-order valence-corrected chi connectivity index (χ0v) is 19.3. The molecule has 2 aliphatic rings. The highest BCUT2D eigenvalue weighted by atomic mass is 32.2. The number of anilines is 1. The van der Waals surface area contributed by atoms with Crippen molar-refractivity contribution in [2.75, 3.05) is 25.4 Å². The first-order valence-corrected chi connectivity index (χ1v) is 12.8. The van der Waals surface area contributed by atoms with Crippen molar-refractivity contribution in [1.82, 2.24) is 14.9 Å². The minimum atomic E-state index is -3.64. The van der Waals surface area contributed by atoms with Gasteiger partial charge in [-0.05, 0) is 55.9 Å². The Balaban J connectivity index is 1.37. The van der Waals surface area contributed by atoms with Gasteiger partial charge in [-0.25, -0.2) is 13.1 Å². The van der Waals surface area contributed by atoms with Crippen molar-refractivity contribution in [2.24, 2.45) is 5.92 Å². The zero-order chi connectivity index (χ0) is 22.7. The number of hydrogen-bond donors (Lipinski definition) is 3. The van der Waals surface area contributed by atoms with Gasteiger partial charge >= 0.3 is 0 Å². The molecule has 8 heteroatoms. The smallest absolute Gasteiger partial charge is 0.240 e. The Morgan fingerprint density at radius 3 is 2.50 bits per heavy atom. The number of nitrogen functional groups attached to an aromatic ring is 1. The highest BCUT2D eigenvalue weighted by Crippen LogP contribution is 2.31. The average Bonchev–Trinajstić information content (AvgIpc) is 2.81. The molecule has 0 aromatic heterocycles. The Hall–Kier alpha value is -2.42. The summed E-state index contributed by atoms with van der Waals surface area (Å²) in [6.45, 7) is 4.09. The number of nitrogens with zero attached hydrogens (tertiary/aromatic N) is 1. The molecule has 4 N–H and O–H groups in total. The summed E-state index contributed by atoms with van der Waals surface area (Å²) in [4.78, 5) is 15.6. The van der Waals surface area contributed by atoms with Crippen LogP contribution in [0, 0.1) is 12.8 Å². The SMILES string of the molecule is Cc1ccc(S(=O)(=O)NC2CCC(C(=O)N3CCNC[C@@H]3c3ccccc3)CC2)cc1N. The van der Waals surface area contributed by atoms with Gasteiger partial charge in [0, 0.05) is 37.3 Å². The molecular formula is C24H32N4O3S. The third-order valence-electron chi connectivity index (χ3n) is 6.67. The highest BCUT2D eigenvalue weighted by molar-refractivity contribution is 7.89. The van der Waals surface area contributed by atoms with Crippen LogP contribution in [0.4, 0.5) is 5.69 Å². The van der Waals surface area contributed by atoms with E-state index in [2.05, 4.69) is 22.2 Å². The minimum absolute atomic E-state index is 0.0423. The van der Waals surface area contributed by atoms with Gasteiger partial charge in [0.15, 0.2) is 0 Å². The van der Waals surface area contributed by atoms with Crippen LogP contribution in [0.5, 0.6) is 0 Å². The van der Waals surface area contributed by atoms with Crippen LogP contribution in [-0.4, -0.2) is 44.9 Å². The summed E-state index contributed by atoms with van der Waals surface area (Å²) >= 11 is 0. The molecule has 1 aliphatic heterocycles. The van der Waals surface area contributed by atoms with Crippen LogP contribution >= 0.6 is 0 Å². The van der Waals surface area contributed by atoms with E-state index in [0.717, 1.165) is 24.2 Å². The number of nitrogens with one attached hydrogen (secondary N) is 2. The molecule has 1 heterocycles. The first kappa shape index (κ1) is 22.8. The van der Waals surface area contributed by atoms with E-state index in [1.165, 1.54) is 6.07 Å². The number of sulfonamides is 1. The number of aryl methyl sites for hydroxylation is 1. The molecule has 0 spiro atoms. The third kappa shape index (κ3) is 4.98. The Kier molecular flexibility index (Phi) is 6.83. The van der Waals surface area contributed by atoms with E-state index in [4.69, 9.17) is 5.73 Å². The van der Waals surface area contributed by atoms with Crippen LogP contribution in [-0.2, 0) is 14.8 Å². The van der Waals surface area contributed by atoms with Gasteiger partial charge in [-0.15, -0.1) is 0 Å². The standard InChI is InChI=1S/C24H32N4O3S/c1-17-7-12-21(15-22(17)25)32(30,31)27-20-10-8-19(9-11-20)24(29)28-14-13-26-16-23(28)18-5-3-2-4-6-18/h2-7,12,15,19-20,23,26-27H,8-11,13-14,16,25H2,1H3/t19?,20?,23-/m1/s1. The lowest BCUT2D eigenvalue weighted by Crippen LogP contribution is -2.51. The molecule has 1 atom stereocenters. The Labute approximate surface area is 190 Å². The number of amides is 1. The van der Waals surface area contributed by atoms with Gasteiger partial charge in [-0.1, -0.05) is 36.4 Å². The molecule has 172 valence electrons. The molecular weight excluding hydrogens is 424 g/mol. The maximum atomic E-state index is 13.4. The van der Waals surface area contributed by atoms with Gasteiger partial charge in [0.05, 0.1) is 10.9 Å². The van der Waals surface area contributed by atoms with E-state index in [9.17, 15) is 13.2 Å². The van der Waals surface area contributed by atoms with Crippen LogP contribution in [0.2, 0.25) is 0 Å². The summed E-state index contributed by atoms with van der Waals surface area (Å²) in [5.41, 5.74) is 8.35. The number of piperazine rings is 1. The monoisotopic (exact) mass is 456 g/mol. The van der Waals surface area contributed by atoms with Crippen molar-refractivity contribution in [2.45, 2.75) is 49.6 Å². The number of rotatable bonds is 5. The maximum absolute atomic E-state index is 13.4. The molecule has 0 bridgehead atoms. The number of carbonyl (C=O) groups is 1. The van der Waals surface area contributed by atoms with Crippen molar-refractivity contribution in [1.29, 1.82) is 0 Å². The maximum Gasteiger partial charge on any atom is 0.240 e. The van der Waals surface area contributed by atoms with E-state index in [1.54, 1.807) is 12.1 Å². The molecule has 1 saturated carbocycles. The van der Waals surface area contributed by atoms with Gasteiger partial charge in [0.1, 0.15) is 0 Å². The fraction of sp³-hybridized carbons (Fsp3) is 0.458. The Bertz CT molecular complexity index is 1050. The lowest BCUT2D eigenvalue weighted by Gasteiger charge is -2.40. The fourth-order valence-corrected chi connectivity index (χ4v) is 6.05. The van der Waals surface area contributed by atoms with Gasteiger partial charge in [0.25, 0.3) is 0 Å². The summed E-state index contributed by atoms with van der Waals surface area (Å²) in [5, 5.41) is 3.40. The fourth-order valence-electron chi connectivity index (χ4n) is 4.71. The van der Waals surface area contributed by atoms with Crippen LogP contribution < -0.4 is 15.8 Å².